The second kappa shape index (κ2) is 8.13. The maximum absolute atomic E-state index is 14.1. The minimum absolute atomic E-state index is 0.216. The van der Waals surface area contributed by atoms with Gasteiger partial charge in [-0.3, -0.25) is 4.68 Å². The molecule has 0 saturated carbocycles. The minimum Gasteiger partial charge on any atom is -0.479 e. The molecule has 0 radical (unpaired) electrons. The normalized spacial score (nSPS) is 12.2. The van der Waals surface area contributed by atoms with Crippen molar-refractivity contribution in [2.24, 2.45) is 0 Å². The summed E-state index contributed by atoms with van der Waals surface area (Å²) in [5.41, 5.74) is 2.71. The largest absolute Gasteiger partial charge is 0.479 e. The first-order valence-corrected chi connectivity index (χ1v) is 9.70. The Morgan fingerprint density at radius 3 is 2.74 bits per heavy atom. The number of nitrogens with zero attached hydrogens (tertiary/aromatic N) is 6. The molecule has 4 rings (SSSR count). The summed E-state index contributed by atoms with van der Waals surface area (Å²) in [7, 11) is 1.49. The van der Waals surface area contributed by atoms with Gasteiger partial charge in [0, 0.05) is 6.20 Å². The highest BCUT2D eigenvalue weighted by Crippen LogP contribution is 2.29. The topological polar surface area (TPSA) is 97.0 Å². The summed E-state index contributed by atoms with van der Waals surface area (Å²) in [6.45, 7) is 5.62. The highest BCUT2D eigenvalue weighted by Gasteiger charge is 2.21. The van der Waals surface area contributed by atoms with E-state index in [1.54, 1.807) is 30.8 Å². The van der Waals surface area contributed by atoms with Crippen molar-refractivity contribution in [3.05, 3.63) is 59.3 Å². The van der Waals surface area contributed by atoms with Crippen LogP contribution in [0.1, 0.15) is 41.4 Å². The third kappa shape index (κ3) is 3.72. The van der Waals surface area contributed by atoms with Gasteiger partial charge in [0.25, 0.3) is 5.95 Å². The Bertz CT molecular complexity index is 1270. The first-order chi connectivity index (χ1) is 14.9. The van der Waals surface area contributed by atoms with E-state index >= 15 is 0 Å². The van der Waals surface area contributed by atoms with Crippen LogP contribution in [0.2, 0.25) is 0 Å². The van der Waals surface area contributed by atoms with Gasteiger partial charge in [0.05, 0.1) is 37.7 Å². The predicted octanol–water partition coefficient (Wildman–Crippen LogP) is 3.25. The van der Waals surface area contributed by atoms with Gasteiger partial charge in [0.15, 0.2) is 0 Å². The van der Waals surface area contributed by atoms with E-state index < -0.39 is 5.97 Å². The molecule has 1 aromatic carbocycles. The molecule has 0 aliphatic rings. The fraction of sp³-hybridized carbons (Fsp3) is 0.286. The number of esters is 1. The summed E-state index contributed by atoms with van der Waals surface area (Å²) in [6, 6.07) is 4.81. The molecule has 10 heteroatoms. The number of benzene rings is 1. The van der Waals surface area contributed by atoms with Gasteiger partial charge in [-0.2, -0.15) is 15.2 Å². The van der Waals surface area contributed by atoms with Gasteiger partial charge in [0.1, 0.15) is 16.9 Å². The van der Waals surface area contributed by atoms with Gasteiger partial charge in [-0.25, -0.2) is 18.9 Å². The smallest absolute Gasteiger partial charge is 0.341 e. The highest BCUT2D eigenvalue weighted by molar-refractivity contribution is 5.88. The predicted molar refractivity (Wildman–Crippen MR) is 110 cm³/mol. The quantitative estimate of drug-likeness (QED) is 0.438. The number of hydrogen-bond donors (Lipinski definition) is 0. The number of carbonyl (C=O) groups is 1. The monoisotopic (exact) mass is 424 g/mol. The summed E-state index contributed by atoms with van der Waals surface area (Å²) < 4.78 is 27.6. The van der Waals surface area contributed by atoms with Crippen molar-refractivity contribution in [3.63, 3.8) is 0 Å². The first-order valence-electron chi connectivity index (χ1n) is 9.70. The Hall–Kier alpha value is -3.82. The van der Waals surface area contributed by atoms with Crippen LogP contribution in [0.3, 0.4) is 0 Å². The van der Waals surface area contributed by atoms with Crippen LogP contribution in [-0.4, -0.2) is 49.2 Å². The molecular weight excluding hydrogens is 403 g/mol. The van der Waals surface area contributed by atoms with Crippen molar-refractivity contribution in [3.8, 4) is 11.8 Å². The number of carbonyl (C=O) groups excluding carboxylic acids is 1. The molecule has 160 valence electrons. The second-order valence-electron chi connectivity index (χ2n) is 6.93. The molecule has 0 fully saturated rings. The maximum Gasteiger partial charge on any atom is 0.341 e. The van der Waals surface area contributed by atoms with E-state index in [0.717, 1.165) is 5.56 Å². The molecule has 0 bridgehead atoms. The number of halogens is 1. The van der Waals surface area contributed by atoms with E-state index in [9.17, 15) is 9.18 Å². The fourth-order valence-electron chi connectivity index (χ4n) is 3.22. The summed E-state index contributed by atoms with van der Waals surface area (Å²) in [6.07, 6.45) is 4.45. The van der Waals surface area contributed by atoms with Gasteiger partial charge in [0.2, 0.25) is 5.88 Å². The number of methoxy groups -OCH3 is 1. The minimum atomic E-state index is -0.478. The second-order valence-corrected chi connectivity index (χ2v) is 6.93. The van der Waals surface area contributed by atoms with E-state index in [0.29, 0.717) is 16.6 Å². The molecule has 0 aliphatic carbocycles. The Kier molecular flexibility index (Phi) is 5.37. The Labute approximate surface area is 177 Å². The zero-order chi connectivity index (χ0) is 22.1. The molecule has 1 unspecified atom stereocenters. The molecule has 31 heavy (non-hydrogen) atoms. The molecule has 3 aromatic heterocycles. The average Bonchev–Trinajstić information content (AvgIpc) is 3.42. The van der Waals surface area contributed by atoms with Gasteiger partial charge in [-0.05, 0) is 38.0 Å². The Balaban J connectivity index is 1.75. The molecule has 3 heterocycles. The van der Waals surface area contributed by atoms with Gasteiger partial charge in [-0.1, -0.05) is 12.1 Å². The number of aryl methyl sites for hydroxylation is 1. The molecular formula is C21H21FN6O3. The van der Waals surface area contributed by atoms with Crippen LogP contribution in [-0.2, 0) is 4.74 Å². The van der Waals surface area contributed by atoms with Gasteiger partial charge in [-0.15, -0.1) is 0 Å². The third-order valence-electron chi connectivity index (χ3n) is 4.94. The van der Waals surface area contributed by atoms with E-state index in [-0.39, 0.29) is 35.9 Å². The summed E-state index contributed by atoms with van der Waals surface area (Å²) in [5, 5.41) is 8.58. The van der Waals surface area contributed by atoms with Crippen molar-refractivity contribution in [1.29, 1.82) is 0 Å². The molecule has 0 aliphatic heterocycles. The number of ether oxygens (including phenoxy) is 2. The molecule has 0 N–H and O–H groups in total. The van der Waals surface area contributed by atoms with E-state index in [2.05, 4.69) is 20.2 Å². The van der Waals surface area contributed by atoms with Crippen molar-refractivity contribution in [2.45, 2.75) is 26.8 Å². The Morgan fingerprint density at radius 1 is 1.23 bits per heavy atom. The van der Waals surface area contributed by atoms with Crippen LogP contribution in [0.25, 0.3) is 17.0 Å². The van der Waals surface area contributed by atoms with Crippen molar-refractivity contribution >= 4 is 17.0 Å². The summed E-state index contributed by atoms with van der Waals surface area (Å²) in [4.78, 5) is 20.8. The lowest BCUT2D eigenvalue weighted by Gasteiger charge is -2.16. The fourth-order valence-corrected chi connectivity index (χ4v) is 3.22. The lowest BCUT2D eigenvalue weighted by molar-refractivity contribution is 0.0526. The van der Waals surface area contributed by atoms with Crippen LogP contribution in [0.4, 0.5) is 4.39 Å². The van der Waals surface area contributed by atoms with Crippen LogP contribution in [0.5, 0.6) is 5.88 Å². The van der Waals surface area contributed by atoms with Gasteiger partial charge >= 0.3 is 5.97 Å². The molecule has 4 aromatic rings. The number of fused-ring (bicyclic) bond motifs is 1. The van der Waals surface area contributed by atoms with Crippen molar-refractivity contribution in [1.82, 2.24) is 29.5 Å². The Morgan fingerprint density at radius 2 is 2.03 bits per heavy atom. The molecule has 1 atom stereocenters. The molecule has 9 nitrogen and oxygen atoms in total. The zero-order valence-electron chi connectivity index (χ0n) is 17.5. The lowest BCUT2D eigenvalue weighted by Crippen LogP contribution is -2.11. The molecule has 0 amide bonds. The molecule has 0 saturated heterocycles. The third-order valence-corrected chi connectivity index (χ3v) is 4.94. The number of hydrogen-bond acceptors (Lipinski definition) is 7. The van der Waals surface area contributed by atoms with Crippen LogP contribution in [0.15, 0.2) is 36.8 Å². The van der Waals surface area contributed by atoms with E-state index in [4.69, 9.17) is 9.47 Å². The van der Waals surface area contributed by atoms with E-state index in [1.165, 1.54) is 30.3 Å². The zero-order valence-corrected chi connectivity index (χ0v) is 17.5. The standard InChI is InChI=1S/C21H21FN6O3/c1-5-31-20(29)15-9-23-27(11-15)21-25-17-10-24-28(18(17)19(26-21)30-4)13(3)14-7-6-12(2)16(22)8-14/h6-11,13H,5H2,1-4H3. The van der Waals surface area contributed by atoms with Crippen LogP contribution >= 0.6 is 0 Å². The molecule has 0 spiro atoms. The SMILES string of the molecule is CCOC(=O)c1cnn(-c2nc(OC)c3c(cnn3C(C)c3ccc(C)c(F)c3)n2)c1. The maximum atomic E-state index is 14.1. The highest BCUT2D eigenvalue weighted by atomic mass is 19.1. The van der Waals surface area contributed by atoms with Crippen LogP contribution in [0, 0.1) is 12.7 Å². The van der Waals surface area contributed by atoms with Crippen molar-refractivity contribution in [2.75, 3.05) is 13.7 Å². The summed E-state index contributed by atoms with van der Waals surface area (Å²) in [5.74, 6) is -0.255. The number of rotatable bonds is 6. The van der Waals surface area contributed by atoms with E-state index in [1.807, 2.05) is 13.0 Å². The average molecular weight is 424 g/mol. The lowest BCUT2D eigenvalue weighted by atomic mass is 10.1. The van der Waals surface area contributed by atoms with Gasteiger partial charge < -0.3 is 9.47 Å². The number of aromatic nitrogens is 6. The van der Waals surface area contributed by atoms with Crippen LogP contribution < -0.4 is 4.74 Å². The summed E-state index contributed by atoms with van der Waals surface area (Å²) >= 11 is 0. The first kappa shape index (κ1) is 20.5. The van der Waals surface area contributed by atoms with Crippen molar-refractivity contribution < 1.29 is 18.7 Å².